The summed E-state index contributed by atoms with van der Waals surface area (Å²) in [5.41, 5.74) is 6.79. The van der Waals surface area contributed by atoms with Crippen LogP contribution in [0.1, 0.15) is 5.56 Å². The van der Waals surface area contributed by atoms with Crippen molar-refractivity contribution in [2.24, 2.45) is 0 Å². The minimum absolute atomic E-state index is 0. The molecule has 101 valence electrons. The van der Waals surface area contributed by atoms with Crippen molar-refractivity contribution in [1.29, 1.82) is 0 Å². The third kappa shape index (κ3) is 3.17. The molecule has 0 aliphatic heterocycles. The van der Waals surface area contributed by atoms with E-state index in [4.69, 9.17) is 0 Å². The maximum absolute atomic E-state index is 2.32. The fourth-order valence-electron chi connectivity index (χ4n) is 2.37. The summed E-state index contributed by atoms with van der Waals surface area (Å²) in [5.74, 6) is 0. The Morgan fingerprint density at radius 1 is 0.700 bits per heavy atom. The zero-order chi connectivity index (χ0) is 12.5. The predicted molar refractivity (Wildman–Crippen MR) is 87.4 cm³/mol. The number of rotatable bonds is 1. The van der Waals surface area contributed by atoms with Gasteiger partial charge in [-0.2, -0.15) is 0 Å². The maximum Gasteiger partial charge on any atom is -0.147 e. The van der Waals surface area contributed by atoms with E-state index in [0.29, 0.717) is 0 Å². The van der Waals surface area contributed by atoms with Crippen LogP contribution in [-0.4, -0.2) is 0 Å². The van der Waals surface area contributed by atoms with Crippen molar-refractivity contribution in [1.82, 2.24) is 0 Å². The molecule has 0 saturated heterocycles. The summed E-state index contributed by atoms with van der Waals surface area (Å²) >= 11 is 1.49. The molecular weight excluding hydrogens is 366 g/mol. The van der Waals surface area contributed by atoms with E-state index in [2.05, 4.69) is 67.6 Å². The average molecular weight is 381 g/mol. The molecule has 1 aromatic carbocycles. The summed E-state index contributed by atoms with van der Waals surface area (Å²) in [6.45, 7) is 2.21. The second-order valence-electron chi connectivity index (χ2n) is 4.53. The Balaban J connectivity index is 0.000001000. The Morgan fingerprint density at radius 2 is 1.25 bits per heavy atom. The first-order chi connectivity index (χ1) is 8.77. The van der Waals surface area contributed by atoms with Crippen LogP contribution in [0.5, 0.6) is 0 Å². The fraction of sp³-hybridized carbons (Fsp3) is 0.0588. The third-order valence-corrected chi connectivity index (χ3v) is 4.96. The van der Waals surface area contributed by atoms with E-state index in [0.717, 1.165) is 0 Å². The van der Waals surface area contributed by atoms with Gasteiger partial charge in [-0.15, -0.1) is 24.8 Å². The number of halogens is 2. The van der Waals surface area contributed by atoms with Gasteiger partial charge >= 0.3 is 123 Å². The SMILES string of the molecule is Cc1cc2c(-c3ccccc3)ccccc-2[c]1[Zr].Cl.Cl. The molecule has 0 nitrogen and oxygen atoms in total. The van der Waals surface area contributed by atoms with Gasteiger partial charge in [-0.25, -0.2) is 0 Å². The van der Waals surface area contributed by atoms with Gasteiger partial charge in [0.1, 0.15) is 0 Å². The largest absolute Gasteiger partial charge is 0.147 e. The summed E-state index contributed by atoms with van der Waals surface area (Å²) in [6, 6.07) is 21.7. The van der Waals surface area contributed by atoms with Gasteiger partial charge in [-0.3, -0.25) is 0 Å². The average Bonchev–Trinajstić information content (AvgIpc) is 2.58. The summed E-state index contributed by atoms with van der Waals surface area (Å²) in [7, 11) is 0. The van der Waals surface area contributed by atoms with E-state index in [1.807, 2.05) is 0 Å². The van der Waals surface area contributed by atoms with Crippen LogP contribution in [0, 0.1) is 6.92 Å². The van der Waals surface area contributed by atoms with Crippen molar-refractivity contribution in [3.8, 4) is 22.3 Å². The van der Waals surface area contributed by atoms with E-state index in [9.17, 15) is 0 Å². The predicted octanol–water partition coefficient (Wildman–Crippen LogP) is 4.78. The van der Waals surface area contributed by atoms with E-state index in [1.165, 1.54) is 55.8 Å². The van der Waals surface area contributed by atoms with Crippen molar-refractivity contribution in [3.05, 3.63) is 66.2 Å². The van der Waals surface area contributed by atoms with Gasteiger partial charge in [-0.05, 0) is 0 Å². The summed E-state index contributed by atoms with van der Waals surface area (Å²) in [5, 5.41) is 0. The van der Waals surface area contributed by atoms with Gasteiger partial charge < -0.3 is 0 Å². The Bertz CT molecular complexity index is 665. The minimum Gasteiger partial charge on any atom is -0.147 e. The smallest absolute Gasteiger partial charge is 0.147 e. The van der Waals surface area contributed by atoms with Crippen LogP contribution in [-0.2, 0) is 24.7 Å². The number of aryl methyl sites for hydroxylation is 1. The van der Waals surface area contributed by atoms with E-state index in [1.54, 1.807) is 0 Å². The molecule has 0 fully saturated rings. The zero-order valence-electron chi connectivity index (χ0n) is 11.1. The summed E-state index contributed by atoms with van der Waals surface area (Å²) in [4.78, 5) is 0. The molecule has 2 aliphatic rings. The number of hydrogen-bond donors (Lipinski definition) is 0. The Morgan fingerprint density at radius 3 is 1.90 bits per heavy atom. The van der Waals surface area contributed by atoms with Crippen molar-refractivity contribution in [2.75, 3.05) is 0 Å². The molecule has 0 amide bonds. The molecular formula is C17H15Cl2Zr. The van der Waals surface area contributed by atoms with Gasteiger partial charge in [0.05, 0.1) is 0 Å². The topological polar surface area (TPSA) is 0 Å². The number of benzene rings is 1. The molecule has 0 aromatic heterocycles. The molecule has 0 N–H and O–H groups in total. The fourth-order valence-corrected chi connectivity index (χ4v) is 3.09. The molecule has 0 bridgehead atoms. The van der Waals surface area contributed by atoms with Crippen LogP contribution in [0.25, 0.3) is 22.3 Å². The first-order valence-electron chi connectivity index (χ1n) is 6.07. The Hall–Kier alpha value is -0.617. The van der Waals surface area contributed by atoms with Crippen LogP contribution in [0.15, 0.2) is 60.7 Å². The molecule has 0 unspecified atom stereocenters. The second kappa shape index (κ2) is 7.41. The maximum atomic E-state index is 2.32. The molecule has 0 atom stereocenters. The van der Waals surface area contributed by atoms with Crippen molar-refractivity contribution in [3.63, 3.8) is 0 Å². The van der Waals surface area contributed by atoms with Crippen LogP contribution in [0.2, 0.25) is 0 Å². The van der Waals surface area contributed by atoms with Crippen molar-refractivity contribution < 1.29 is 24.7 Å². The van der Waals surface area contributed by atoms with Gasteiger partial charge in [0.15, 0.2) is 0 Å². The molecule has 0 radical (unpaired) electrons. The van der Waals surface area contributed by atoms with E-state index >= 15 is 0 Å². The van der Waals surface area contributed by atoms with E-state index in [-0.39, 0.29) is 24.8 Å². The van der Waals surface area contributed by atoms with Crippen LogP contribution < -0.4 is 3.27 Å². The van der Waals surface area contributed by atoms with Gasteiger partial charge in [0.2, 0.25) is 0 Å². The van der Waals surface area contributed by atoms with Crippen LogP contribution in [0.3, 0.4) is 0 Å². The first kappa shape index (κ1) is 17.4. The minimum atomic E-state index is 0. The van der Waals surface area contributed by atoms with Crippen molar-refractivity contribution >= 4 is 28.1 Å². The molecule has 2 aliphatic carbocycles. The van der Waals surface area contributed by atoms with Gasteiger partial charge in [0.25, 0.3) is 0 Å². The van der Waals surface area contributed by atoms with E-state index < -0.39 is 0 Å². The molecule has 3 rings (SSSR count). The molecule has 0 saturated carbocycles. The molecule has 0 heterocycles. The monoisotopic (exact) mass is 379 g/mol. The zero-order valence-corrected chi connectivity index (χ0v) is 15.2. The first-order valence-corrected chi connectivity index (χ1v) is 7.29. The van der Waals surface area contributed by atoms with Crippen LogP contribution in [0.4, 0.5) is 0 Å². The normalized spacial score (nSPS) is 9.60. The van der Waals surface area contributed by atoms with Gasteiger partial charge in [-0.1, -0.05) is 0 Å². The van der Waals surface area contributed by atoms with Crippen LogP contribution >= 0.6 is 24.8 Å². The Labute approximate surface area is 147 Å². The molecule has 3 heteroatoms. The number of hydrogen-bond acceptors (Lipinski definition) is 0. The van der Waals surface area contributed by atoms with Crippen molar-refractivity contribution in [2.45, 2.75) is 6.92 Å². The standard InChI is InChI=1S/C17H13.2ClH.Zr/c1-13-11-15-9-5-6-10-16(17(15)12-13)14-7-3-2-4-8-14;;;/h2-10,12H,1H3;2*1H;. The van der Waals surface area contributed by atoms with Gasteiger partial charge in [0, 0.05) is 0 Å². The second-order valence-corrected chi connectivity index (χ2v) is 5.76. The summed E-state index contributed by atoms with van der Waals surface area (Å²) in [6.07, 6.45) is 0. The summed E-state index contributed by atoms with van der Waals surface area (Å²) < 4.78 is 1.48. The third-order valence-electron chi connectivity index (χ3n) is 3.33. The molecule has 1 aromatic rings. The molecule has 0 spiro atoms. The Kier molecular flexibility index (Phi) is 6.46. The number of fused-ring (bicyclic) bond motifs is 1. The quantitative estimate of drug-likeness (QED) is 0.569. The molecule has 20 heavy (non-hydrogen) atoms.